The lowest BCUT2D eigenvalue weighted by molar-refractivity contribution is -0.142. The molecule has 0 aliphatic carbocycles. The van der Waals surface area contributed by atoms with E-state index in [4.69, 9.17) is 0 Å². The quantitative estimate of drug-likeness (QED) is 0.792. The summed E-state index contributed by atoms with van der Waals surface area (Å²) < 4.78 is 0. The third-order valence-electron chi connectivity index (χ3n) is 4.91. The number of rotatable bonds is 4. The summed E-state index contributed by atoms with van der Waals surface area (Å²) in [5.41, 5.74) is 0. The average Bonchev–Trinajstić information content (AvgIpc) is 3.02. The van der Waals surface area contributed by atoms with Gasteiger partial charge in [-0.1, -0.05) is 13.8 Å². The lowest BCUT2D eigenvalue weighted by Gasteiger charge is -2.34. The van der Waals surface area contributed by atoms with Crippen molar-refractivity contribution in [2.24, 2.45) is 11.8 Å². The van der Waals surface area contributed by atoms with Gasteiger partial charge in [0.15, 0.2) is 0 Å². The molecular formula is C16H28N2O2. The first kappa shape index (κ1) is 15.3. The van der Waals surface area contributed by atoms with Gasteiger partial charge in [-0.25, -0.2) is 0 Å². The fraction of sp³-hybridized carbons (Fsp3) is 0.875. The third kappa shape index (κ3) is 3.33. The zero-order valence-electron chi connectivity index (χ0n) is 12.9. The largest absolute Gasteiger partial charge is 0.342 e. The summed E-state index contributed by atoms with van der Waals surface area (Å²) in [6.07, 6.45) is 5.84. The van der Waals surface area contributed by atoms with Crippen LogP contribution in [0.4, 0.5) is 0 Å². The van der Waals surface area contributed by atoms with E-state index in [1.807, 2.05) is 9.80 Å². The molecule has 4 nitrogen and oxygen atoms in total. The van der Waals surface area contributed by atoms with Crippen LogP contribution in [-0.4, -0.2) is 47.8 Å². The van der Waals surface area contributed by atoms with Crippen LogP contribution in [0.15, 0.2) is 0 Å². The van der Waals surface area contributed by atoms with Crippen LogP contribution in [0.5, 0.6) is 0 Å². The second-order valence-electron chi connectivity index (χ2n) is 6.15. The monoisotopic (exact) mass is 280 g/mol. The summed E-state index contributed by atoms with van der Waals surface area (Å²) in [4.78, 5) is 28.7. The smallest absolute Gasteiger partial charge is 0.225 e. The lowest BCUT2D eigenvalue weighted by Crippen LogP contribution is -2.45. The van der Waals surface area contributed by atoms with Crippen molar-refractivity contribution in [3.8, 4) is 0 Å². The van der Waals surface area contributed by atoms with Gasteiger partial charge in [0, 0.05) is 38.0 Å². The number of hydrogen-bond acceptors (Lipinski definition) is 2. The highest BCUT2D eigenvalue weighted by Crippen LogP contribution is 2.24. The summed E-state index contributed by atoms with van der Waals surface area (Å²) in [5.74, 6) is 0.943. The van der Waals surface area contributed by atoms with Crippen LogP contribution in [0.1, 0.15) is 52.4 Å². The van der Waals surface area contributed by atoms with Gasteiger partial charge in [0.1, 0.15) is 0 Å². The van der Waals surface area contributed by atoms with E-state index in [9.17, 15) is 9.59 Å². The Kier molecular flexibility index (Phi) is 5.44. The number of carbonyl (C=O) groups excluding carboxylic acids is 2. The third-order valence-corrected chi connectivity index (χ3v) is 4.91. The highest BCUT2D eigenvalue weighted by molar-refractivity contribution is 5.81. The van der Waals surface area contributed by atoms with Crippen molar-refractivity contribution < 1.29 is 9.59 Å². The van der Waals surface area contributed by atoms with Gasteiger partial charge >= 0.3 is 0 Å². The SMILES string of the molecule is CCC(CC)C(=O)N1CCC(C(=O)N2CCCC2)CC1. The van der Waals surface area contributed by atoms with Crippen molar-refractivity contribution in [1.82, 2.24) is 9.80 Å². The molecule has 0 radical (unpaired) electrons. The van der Waals surface area contributed by atoms with E-state index >= 15 is 0 Å². The molecule has 0 aromatic carbocycles. The zero-order valence-corrected chi connectivity index (χ0v) is 12.9. The van der Waals surface area contributed by atoms with Crippen LogP contribution < -0.4 is 0 Å². The van der Waals surface area contributed by atoms with Crippen molar-refractivity contribution in [3.05, 3.63) is 0 Å². The van der Waals surface area contributed by atoms with Crippen LogP contribution >= 0.6 is 0 Å². The highest BCUT2D eigenvalue weighted by Gasteiger charge is 2.32. The van der Waals surface area contributed by atoms with Crippen LogP contribution in [0.3, 0.4) is 0 Å². The second-order valence-corrected chi connectivity index (χ2v) is 6.15. The number of piperidine rings is 1. The Morgan fingerprint density at radius 2 is 1.50 bits per heavy atom. The van der Waals surface area contributed by atoms with E-state index in [1.165, 1.54) is 0 Å². The molecule has 20 heavy (non-hydrogen) atoms. The van der Waals surface area contributed by atoms with E-state index in [1.54, 1.807) is 0 Å². The molecule has 0 unspecified atom stereocenters. The van der Waals surface area contributed by atoms with Gasteiger partial charge in [0.05, 0.1) is 0 Å². The molecule has 2 amide bonds. The first-order chi connectivity index (χ1) is 9.67. The van der Waals surface area contributed by atoms with Crippen molar-refractivity contribution >= 4 is 11.8 Å². The van der Waals surface area contributed by atoms with Gasteiger partial charge in [-0.3, -0.25) is 9.59 Å². The maximum atomic E-state index is 12.3. The van der Waals surface area contributed by atoms with Gasteiger partial charge in [-0.2, -0.15) is 0 Å². The number of carbonyl (C=O) groups is 2. The molecule has 0 N–H and O–H groups in total. The lowest BCUT2D eigenvalue weighted by atomic mass is 9.93. The molecule has 0 aromatic heterocycles. The average molecular weight is 280 g/mol. The Morgan fingerprint density at radius 3 is 2.00 bits per heavy atom. The number of hydrogen-bond donors (Lipinski definition) is 0. The minimum absolute atomic E-state index is 0.152. The molecule has 2 fully saturated rings. The molecule has 114 valence electrons. The molecular weight excluding hydrogens is 252 g/mol. The Balaban J connectivity index is 1.82. The molecule has 0 aromatic rings. The first-order valence-corrected chi connectivity index (χ1v) is 8.24. The Bertz CT molecular complexity index is 316. The molecule has 2 aliphatic rings. The van der Waals surface area contributed by atoms with Gasteiger partial charge < -0.3 is 9.80 Å². The predicted molar refractivity (Wildman–Crippen MR) is 79.2 cm³/mol. The molecule has 4 heteroatoms. The topological polar surface area (TPSA) is 40.6 Å². The fourth-order valence-electron chi connectivity index (χ4n) is 3.44. The summed E-state index contributed by atoms with van der Waals surface area (Å²) >= 11 is 0. The Labute approximate surface area is 122 Å². The van der Waals surface area contributed by atoms with E-state index in [2.05, 4.69) is 13.8 Å². The van der Waals surface area contributed by atoms with Crippen LogP contribution in [0.2, 0.25) is 0 Å². The molecule has 0 spiro atoms. The van der Waals surface area contributed by atoms with Gasteiger partial charge in [-0.05, 0) is 38.5 Å². The van der Waals surface area contributed by atoms with Crippen molar-refractivity contribution in [2.45, 2.75) is 52.4 Å². The second kappa shape index (κ2) is 7.09. The molecule has 2 heterocycles. The molecule has 2 saturated heterocycles. The van der Waals surface area contributed by atoms with Crippen molar-refractivity contribution in [3.63, 3.8) is 0 Å². The molecule has 0 saturated carbocycles. The van der Waals surface area contributed by atoms with Gasteiger partial charge in [0.25, 0.3) is 0 Å². The van der Waals surface area contributed by atoms with Gasteiger partial charge in [-0.15, -0.1) is 0 Å². The number of amides is 2. The number of nitrogens with zero attached hydrogens (tertiary/aromatic N) is 2. The van der Waals surface area contributed by atoms with E-state index in [0.717, 1.165) is 64.7 Å². The minimum atomic E-state index is 0.152. The molecule has 0 bridgehead atoms. The van der Waals surface area contributed by atoms with Crippen LogP contribution in [-0.2, 0) is 9.59 Å². The van der Waals surface area contributed by atoms with E-state index < -0.39 is 0 Å². The van der Waals surface area contributed by atoms with E-state index in [-0.39, 0.29) is 11.8 Å². The fourth-order valence-corrected chi connectivity index (χ4v) is 3.44. The molecule has 0 atom stereocenters. The maximum Gasteiger partial charge on any atom is 0.225 e. The standard InChI is InChI=1S/C16H28N2O2/c1-3-13(4-2)15(19)18-11-7-14(8-12-18)16(20)17-9-5-6-10-17/h13-14H,3-12H2,1-2H3. The highest BCUT2D eigenvalue weighted by atomic mass is 16.2. The van der Waals surface area contributed by atoms with Crippen LogP contribution in [0, 0.1) is 11.8 Å². The Hall–Kier alpha value is -1.06. The van der Waals surface area contributed by atoms with Gasteiger partial charge in [0.2, 0.25) is 11.8 Å². The van der Waals surface area contributed by atoms with Crippen LogP contribution in [0.25, 0.3) is 0 Å². The summed E-state index contributed by atoms with van der Waals surface area (Å²) in [6.45, 7) is 7.56. The van der Waals surface area contributed by atoms with Crippen molar-refractivity contribution in [2.75, 3.05) is 26.2 Å². The molecule has 2 rings (SSSR count). The zero-order chi connectivity index (χ0) is 14.5. The normalized spacial score (nSPS) is 20.8. The summed E-state index contributed by atoms with van der Waals surface area (Å²) in [7, 11) is 0. The van der Waals surface area contributed by atoms with E-state index in [0.29, 0.717) is 11.8 Å². The summed E-state index contributed by atoms with van der Waals surface area (Å²) in [6, 6.07) is 0. The van der Waals surface area contributed by atoms with Crippen molar-refractivity contribution in [1.29, 1.82) is 0 Å². The maximum absolute atomic E-state index is 12.3. The Morgan fingerprint density at radius 1 is 0.950 bits per heavy atom. The first-order valence-electron chi connectivity index (χ1n) is 8.24. The molecule has 2 aliphatic heterocycles. The number of likely N-dealkylation sites (tertiary alicyclic amines) is 2. The predicted octanol–water partition coefficient (Wildman–Crippen LogP) is 2.28. The summed E-state index contributed by atoms with van der Waals surface area (Å²) in [5, 5.41) is 0. The minimum Gasteiger partial charge on any atom is -0.342 e.